The topological polar surface area (TPSA) is 195 Å². The molecule has 3 heterocycles. The first-order valence-corrected chi connectivity index (χ1v) is 21.6. The van der Waals surface area contributed by atoms with Crippen LogP contribution in [-0.2, 0) is 35.3 Å². The maximum Gasteiger partial charge on any atom is 0.438 e. The van der Waals surface area contributed by atoms with Crippen LogP contribution in [0.15, 0.2) is 30.4 Å². The molecule has 3 N–H and O–H groups in total. The molecule has 4 amide bonds. The average Bonchev–Trinajstić information content (AvgIpc) is 3.97. The molecule has 0 radical (unpaired) electrons. The molecule has 0 spiro atoms. The van der Waals surface area contributed by atoms with E-state index in [9.17, 15) is 53.9 Å². The standard InChI is InChI=1S/C39H46F6N6O9S/c1-35(16-17-35)61(56,57)50-33(54)37-20-22(37)10-6-4-3-5-7-11-26(48-34(55)60-36(39(43,44)45)14-8-9-15-36)32(53)51-21-24(19-28(51)30(52)49-37)59-31-29(38(40,41)42)46-25-13-12-23(58-2)18-27(25)47-31/h6,10,12-13,18,22,24,26,28H,3-5,7-9,11,14-17,19-21H2,1-2H3,(H,48,55)(H,49,52)(H,50,54)/b10-6-/t22-,24-,26+,28+,37-/m1/s1. The molecule has 22 heteroatoms. The maximum absolute atomic E-state index is 14.5. The van der Waals surface area contributed by atoms with Crippen molar-refractivity contribution in [1.82, 2.24) is 30.2 Å². The lowest BCUT2D eigenvalue weighted by Crippen LogP contribution is -2.59. The first-order valence-electron chi connectivity index (χ1n) is 20.1. The van der Waals surface area contributed by atoms with Gasteiger partial charge in [-0.05, 0) is 83.3 Å². The Hall–Kier alpha value is -4.89. The Morgan fingerprint density at radius 3 is 2.34 bits per heavy atom. The Morgan fingerprint density at radius 1 is 0.967 bits per heavy atom. The minimum atomic E-state index is -5.08. The van der Waals surface area contributed by atoms with Gasteiger partial charge in [-0.2, -0.15) is 26.3 Å². The molecule has 4 fully saturated rings. The molecule has 0 unspecified atom stereocenters. The number of nitrogens with zero attached hydrogens (tertiary/aromatic N) is 3. The van der Waals surface area contributed by atoms with Crippen LogP contribution in [0.1, 0.15) is 96.1 Å². The van der Waals surface area contributed by atoms with Crippen molar-refractivity contribution in [2.24, 2.45) is 5.92 Å². The van der Waals surface area contributed by atoms with Gasteiger partial charge in [0.1, 0.15) is 29.5 Å². The number of ether oxygens (including phenoxy) is 3. The molecule has 2 aliphatic heterocycles. The highest BCUT2D eigenvalue weighted by Gasteiger charge is 2.63. The Labute approximate surface area is 346 Å². The van der Waals surface area contributed by atoms with Crippen LogP contribution in [0.4, 0.5) is 31.1 Å². The number of sulfonamides is 1. The Kier molecular flexibility index (Phi) is 11.7. The van der Waals surface area contributed by atoms with Gasteiger partial charge in [-0.15, -0.1) is 0 Å². The van der Waals surface area contributed by atoms with E-state index in [1.165, 1.54) is 32.2 Å². The Balaban J connectivity index is 1.22. The van der Waals surface area contributed by atoms with Crippen molar-refractivity contribution in [3.63, 3.8) is 0 Å². The van der Waals surface area contributed by atoms with E-state index in [1.54, 1.807) is 12.2 Å². The average molecular weight is 889 g/mol. The SMILES string of the molecule is COc1ccc2nc(C(F)(F)F)c(O[C@@H]3C[C@H]4C(=O)N[C@]5(C(=O)NS(=O)(=O)C6(C)CC6)C[C@H]5/C=C\CCCCC[C@H](NC(=O)OC5(C(F)(F)F)CCCC5)C(=O)N4C3)nc2c1. The highest BCUT2D eigenvalue weighted by Crippen LogP contribution is 2.48. The number of benzene rings is 1. The number of alkyl halides is 6. The van der Waals surface area contributed by atoms with Gasteiger partial charge in [-0.1, -0.05) is 25.0 Å². The molecule has 15 nitrogen and oxygen atoms in total. The molecule has 61 heavy (non-hydrogen) atoms. The second kappa shape index (κ2) is 16.1. The van der Waals surface area contributed by atoms with Gasteiger partial charge in [0.2, 0.25) is 39.0 Å². The van der Waals surface area contributed by atoms with Gasteiger partial charge in [-0.25, -0.2) is 23.2 Å². The number of carbonyl (C=O) groups excluding carboxylic acids is 4. The van der Waals surface area contributed by atoms with Gasteiger partial charge in [-0.3, -0.25) is 19.1 Å². The summed E-state index contributed by atoms with van der Waals surface area (Å²) >= 11 is 0. The van der Waals surface area contributed by atoms with Gasteiger partial charge < -0.3 is 29.7 Å². The molecule has 7 rings (SSSR count). The quantitative estimate of drug-likeness (QED) is 0.228. The van der Waals surface area contributed by atoms with Gasteiger partial charge >= 0.3 is 18.4 Å². The predicted octanol–water partition coefficient (Wildman–Crippen LogP) is 5.37. The van der Waals surface area contributed by atoms with E-state index in [0.717, 1.165) is 4.90 Å². The number of hydrogen-bond acceptors (Lipinski definition) is 11. The van der Waals surface area contributed by atoms with Crippen molar-refractivity contribution in [2.45, 2.75) is 137 Å². The minimum Gasteiger partial charge on any atom is -0.497 e. The summed E-state index contributed by atoms with van der Waals surface area (Å²) in [6, 6.07) is 0.802. The molecule has 1 aromatic heterocycles. The van der Waals surface area contributed by atoms with Crippen molar-refractivity contribution in [3.8, 4) is 11.6 Å². The number of amides is 4. The third kappa shape index (κ3) is 8.91. The fourth-order valence-electron chi connectivity index (χ4n) is 8.25. The zero-order chi connectivity index (χ0) is 44.2. The number of allylic oxidation sites excluding steroid dienone is 1. The summed E-state index contributed by atoms with van der Waals surface area (Å²) in [5, 5.41) is 4.90. The summed E-state index contributed by atoms with van der Waals surface area (Å²) in [6.45, 7) is 0.889. The maximum atomic E-state index is 14.5. The summed E-state index contributed by atoms with van der Waals surface area (Å²) in [6.07, 6.45) is -8.36. The first kappa shape index (κ1) is 44.2. The van der Waals surface area contributed by atoms with Crippen molar-refractivity contribution in [3.05, 3.63) is 36.0 Å². The van der Waals surface area contributed by atoms with Crippen LogP contribution in [-0.4, -0.2) is 101 Å². The van der Waals surface area contributed by atoms with Crippen molar-refractivity contribution >= 4 is 44.9 Å². The fraction of sp³-hybridized carbons (Fsp3) is 0.641. The van der Waals surface area contributed by atoms with Crippen LogP contribution in [0.2, 0.25) is 0 Å². The molecule has 3 saturated carbocycles. The summed E-state index contributed by atoms with van der Waals surface area (Å²) in [5.74, 6) is -4.39. The van der Waals surface area contributed by atoms with E-state index in [1.807, 2.05) is 0 Å². The second-order valence-electron chi connectivity index (χ2n) is 16.7. The molecular weight excluding hydrogens is 843 g/mol. The summed E-state index contributed by atoms with van der Waals surface area (Å²) in [5.41, 5.74) is -6.26. The number of methoxy groups -OCH3 is 1. The van der Waals surface area contributed by atoms with Crippen LogP contribution in [0.3, 0.4) is 0 Å². The normalized spacial score (nSPS) is 28.3. The lowest BCUT2D eigenvalue weighted by Gasteiger charge is -2.33. The van der Waals surface area contributed by atoms with E-state index in [4.69, 9.17) is 14.2 Å². The summed E-state index contributed by atoms with van der Waals surface area (Å²) < 4.78 is 129. The summed E-state index contributed by atoms with van der Waals surface area (Å²) in [7, 11) is -2.84. The lowest BCUT2D eigenvalue weighted by atomic mass is 10.0. The van der Waals surface area contributed by atoms with Gasteiger partial charge in [0.05, 0.1) is 29.4 Å². The predicted molar refractivity (Wildman–Crippen MR) is 202 cm³/mol. The van der Waals surface area contributed by atoms with E-state index < -0.39 is 124 Å². The fourth-order valence-corrected chi connectivity index (χ4v) is 9.57. The number of nitrogens with one attached hydrogen (secondary N) is 3. The van der Waals surface area contributed by atoms with Gasteiger partial charge in [0.25, 0.3) is 5.91 Å². The highest BCUT2D eigenvalue weighted by molar-refractivity contribution is 7.91. The second-order valence-corrected chi connectivity index (χ2v) is 18.9. The molecule has 1 saturated heterocycles. The molecular formula is C39H46F6N6O9S. The number of fused-ring (bicyclic) bond motifs is 3. The zero-order valence-electron chi connectivity index (χ0n) is 33.3. The zero-order valence-corrected chi connectivity index (χ0v) is 34.1. The minimum absolute atomic E-state index is 0.0179. The molecule has 2 aromatic rings. The largest absolute Gasteiger partial charge is 0.497 e. The molecule has 0 bridgehead atoms. The van der Waals surface area contributed by atoms with Crippen molar-refractivity contribution in [2.75, 3.05) is 13.7 Å². The summed E-state index contributed by atoms with van der Waals surface area (Å²) in [4.78, 5) is 64.7. The molecule has 5 aliphatic rings. The number of alkyl carbamates (subject to hydrolysis) is 1. The van der Waals surface area contributed by atoms with Crippen LogP contribution >= 0.6 is 0 Å². The molecule has 1 aromatic carbocycles. The Bertz CT molecular complexity index is 2210. The third-order valence-corrected chi connectivity index (χ3v) is 14.5. The smallest absolute Gasteiger partial charge is 0.438 e. The molecule has 3 aliphatic carbocycles. The van der Waals surface area contributed by atoms with Crippen molar-refractivity contribution in [1.29, 1.82) is 0 Å². The lowest BCUT2D eigenvalue weighted by molar-refractivity contribution is -0.255. The number of halogens is 6. The number of carbonyl (C=O) groups is 4. The number of aromatic nitrogens is 2. The van der Waals surface area contributed by atoms with Crippen LogP contribution in [0.25, 0.3) is 11.0 Å². The molecule has 5 atom stereocenters. The van der Waals surface area contributed by atoms with E-state index in [0.29, 0.717) is 32.1 Å². The first-order chi connectivity index (χ1) is 28.6. The van der Waals surface area contributed by atoms with Crippen LogP contribution < -0.4 is 24.8 Å². The van der Waals surface area contributed by atoms with Gasteiger partial charge in [0, 0.05) is 18.4 Å². The van der Waals surface area contributed by atoms with Crippen LogP contribution in [0, 0.1) is 5.92 Å². The molecule has 334 valence electrons. The highest BCUT2D eigenvalue weighted by atomic mass is 32.2. The van der Waals surface area contributed by atoms with Crippen molar-refractivity contribution < 1.29 is 68.1 Å². The number of hydrogen-bond donors (Lipinski definition) is 3. The third-order valence-electron chi connectivity index (χ3n) is 12.4. The monoisotopic (exact) mass is 888 g/mol. The number of rotatable bonds is 8. The Morgan fingerprint density at radius 2 is 1.69 bits per heavy atom. The van der Waals surface area contributed by atoms with E-state index >= 15 is 0 Å². The van der Waals surface area contributed by atoms with E-state index in [2.05, 4.69) is 25.3 Å². The van der Waals surface area contributed by atoms with Gasteiger partial charge in [0.15, 0.2) is 0 Å². The van der Waals surface area contributed by atoms with Crippen LogP contribution in [0.5, 0.6) is 11.6 Å². The van der Waals surface area contributed by atoms with E-state index in [-0.39, 0.29) is 48.9 Å².